The first-order valence-corrected chi connectivity index (χ1v) is 6.69. The Hall–Kier alpha value is -0.660. The van der Waals surface area contributed by atoms with Crippen LogP contribution in [0.5, 0.6) is 0 Å². The second-order valence-corrected chi connectivity index (χ2v) is 6.04. The van der Waals surface area contributed by atoms with Crippen molar-refractivity contribution >= 4 is 35.4 Å². The maximum Gasteiger partial charge on any atom is 0.354 e. The topological polar surface area (TPSA) is 77.8 Å². The van der Waals surface area contributed by atoms with Gasteiger partial charge in [-0.15, -0.1) is 11.8 Å². The minimum atomic E-state index is -1.07. The minimum Gasteiger partial charge on any atom is -0.477 e. The van der Waals surface area contributed by atoms with Gasteiger partial charge in [0.2, 0.25) is 5.91 Å². The van der Waals surface area contributed by atoms with Crippen LogP contribution in [0.2, 0.25) is 0 Å². The molecule has 2 aliphatic rings. The van der Waals surface area contributed by atoms with Crippen LogP contribution >= 0.6 is 23.5 Å². The fraction of sp³-hybridized carbons (Fsp3) is 0.556. The molecule has 0 saturated carbocycles. The van der Waals surface area contributed by atoms with E-state index in [1.54, 1.807) is 0 Å². The Bertz CT molecular complexity index is 382. The number of thioether (sulfide) groups is 2. The van der Waals surface area contributed by atoms with Crippen molar-refractivity contribution in [2.24, 2.45) is 5.92 Å². The summed E-state index contributed by atoms with van der Waals surface area (Å²) in [5.74, 6) is -1.05. The van der Waals surface area contributed by atoms with Gasteiger partial charge >= 0.3 is 5.97 Å². The Balaban J connectivity index is 2.26. The Labute approximate surface area is 101 Å². The number of carbonyl (C=O) groups excluding carboxylic acids is 1. The highest BCUT2D eigenvalue weighted by Gasteiger charge is 2.55. The average molecular weight is 261 g/mol. The van der Waals surface area contributed by atoms with Crippen molar-refractivity contribution in [3.05, 3.63) is 9.93 Å². The van der Waals surface area contributed by atoms with E-state index in [1.807, 2.05) is 6.92 Å². The Morgan fingerprint density at radius 2 is 2.31 bits per heavy atom. The van der Waals surface area contributed by atoms with Gasteiger partial charge in [-0.2, -0.15) is 0 Å². The van der Waals surface area contributed by atoms with E-state index in [0.717, 1.165) is 5.75 Å². The summed E-state index contributed by atoms with van der Waals surface area (Å²) in [5.41, 5.74) is 0.0801. The summed E-state index contributed by atoms with van der Waals surface area (Å²) in [5, 5.41) is 17.9. The maximum atomic E-state index is 11.6. The number of aliphatic hydroxyl groups is 1. The van der Waals surface area contributed by atoms with Crippen LogP contribution in [-0.4, -0.2) is 44.7 Å². The number of β-lactam (4-membered cyclic amide) rings is 1. The van der Waals surface area contributed by atoms with Gasteiger partial charge in [0, 0.05) is 0 Å². The molecule has 1 fully saturated rings. The molecule has 0 bridgehead atoms. The van der Waals surface area contributed by atoms with Crippen LogP contribution in [0.25, 0.3) is 0 Å². The summed E-state index contributed by atoms with van der Waals surface area (Å²) in [7, 11) is 0. The summed E-state index contributed by atoms with van der Waals surface area (Å²) in [6.45, 7) is 1.71. The number of carbonyl (C=O) groups is 2. The van der Waals surface area contributed by atoms with Crippen LogP contribution in [0.3, 0.4) is 0 Å². The molecule has 0 unspecified atom stereocenters. The third kappa shape index (κ3) is 1.54. The van der Waals surface area contributed by atoms with Crippen molar-refractivity contribution in [2.75, 3.05) is 12.4 Å². The van der Waals surface area contributed by atoms with Crippen molar-refractivity contribution < 1.29 is 19.8 Å². The molecule has 7 heteroatoms. The van der Waals surface area contributed by atoms with Crippen LogP contribution in [-0.2, 0) is 9.59 Å². The normalized spacial score (nSPS) is 28.1. The number of amides is 1. The molecule has 1 amide bonds. The van der Waals surface area contributed by atoms with Gasteiger partial charge in [0.25, 0.3) is 0 Å². The van der Waals surface area contributed by atoms with Crippen LogP contribution in [0.1, 0.15) is 6.92 Å². The molecule has 1 saturated heterocycles. The predicted octanol–water partition coefficient (Wildman–Crippen LogP) is 0.517. The number of nitrogens with zero attached hydrogens (tertiary/aromatic N) is 1. The maximum absolute atomic E-state index is 11.6. The first-order chi connectivity index (χ1) is 7.61. The van der Waals surface area contributed by atoms with Crippen LogP contribution in [0, 0.1) is 5.92 Å². The Morgan fingerprint density at radius 3 is 2.81 bits per heavy atom. The van der Waals surface area contributed by atoms with E-state index >= 15 is 0 Å². The van der Waals surface area contributed by atoms with Crippen molar-refractivity contribution in [1.82, 2.24) is 4.90 Å². The summed E-state index contributed by atoms with van der Waals surface area (Å²) < 4.78 is 0.671. The van der Waals surface area contributed by atoms with E-state index in [1.165, 1.54) is 28.4 Å². The monoisotopic (exact) mass is 261 g/mol. The van der Waals surface area contributed by atoms with Gasteiger partial charge < -0.3 is 10.2 Å². The Kier molecular flexibility index (Phi) is 3.18. The third-order valence-corrected chi connectivity index (χ3v) is 5.06. The second kappa shape index (κ2) is 4.31. The zero-order valence-corrected chi connectivity index (χ0v) is 10.2. The molecule has 0 spiro atoms. The van der Waals surface area contributed by atoms with E-state index in [2.05, 4.69) is 0 Å². The van der Waals surface area contributed by atoms with E-state index in [0.29, 0.717) is 4.24 Å². The van der Waals surface area contributed by atoms with Crippen molar-refractivity contribution in [1.29, 1.82) is 0 Å². The van der Waals surface area contributed by atoms with Gasteiger partial charge in [-0.3, -0.25) is 9.69 Å². The van der Waals surface area contributed by atoms with E-state index < -0.39 is 11.9 Å². The number of aliphatic hydroxyl groups excluding tert-OH is 1. The van der Waals surface area contributed by atoms with Gasteiger partial charge in [-0.05, 0) is 5.75 Å². The number of aliphatic carboxylic acids is 1. The van der Waals surface area contributed by atoms with Gasteiger partial charge in [0.1, 0.15) is 5.37 Å². The highest BCUT2D eigenvalue weighted by molar-refractivity contribution is 8.22. The average Bonchev–Trinajstić information content (AvgIpc) is 2.55. The van der Waals surface area contributed by atoms with Gasteiger partial charge in [0.05, 0.1) is 16.8 Å². The molecule has 2 heterocycles. The molecule has 0 aliphatic carbocycles. The molecule has 88 valence electrons. The van der Waals surface area contributed by atoms with Gasteiger partial charge in [-0.25, -0.2) is 4.79 Å². The summed E-state index contributed by atoms with van der Waals surface area (Å²) in [6.07, 6.45) is 0. The molecule has 0 radical (unpaired) electrons. The summed E-state index contributed by atoms with van der Waals surface area (Å²) >= 11 is 2.79. The molecule has 0 aromatic carbocycles. The number of hydrogen-bond donors (Lipinski definition) is 2. The van der Waals surface area contributed by atoms with E-state index in [-0.39, 0.29) is 23.6 Å². The van der Waals surface area contributed by atoms with Gasteiger partial charge in [0.15, 0.2) is 5.70 Å². The standard InChI is InChI=1S/C9H11NO4S2/c1-2-15-9-5(8(13)14)10-6(12)4(3-11)7(10)16-9/h4,7,11H,2-3H2,1H3,(H,13,14)/t4-,7+/m0/s1. The molecule has 0 aromatic heterocycles. The number of rotatable bonds is 4. The molecule has 2 atom stereocenters. The number of fused-ring (bicyclic) bond motifs is 1. The Morgan fingerprint density at radius 1 is 1.62 bits per heavy atom. The SMILES string of the molecule is CCSC1=C(C(=O)O)N2C(=O)[C@H](CO)[C@H]2S1. The molecular weight excluding hydrogens is 250 g/mol. The van der Waals surface area contributed by atoms with Crippen LogP contribution < -0.4 is 0 Å². The lowest BCUT2D eigenvalue weighted by molar-refractivity contribution is -0.153. The van der Waals surface area contributed by atoms with Crippen molar-refractivity contribution in [2.45, 2.75) is 12.3 Å². The van der Waals surface area contributed by atoms with E-state index in [9.17, 15) is 9.59 Å². The first-order valence-electron chi connectivity index (χ1n) is 4.82. The number of carboxylic acid groups (broad SMARTS) is 1. The fourth-order valence-electron chi connectivity index (χ4n) is 1.75. The zero-order chi connectivity index (χ0) is 11.9. The molecule has 2 aliphatic heterocycles. The lowest BCUT2D eigenvalue weighted by atomic mass is 9.99. The molecule has 5 nitrogen and oxygen atoms in total. The number of hydrogen-bond acceptors (Lipinski definition) is 5. The predicted molar refractivity (Wildman–Crippen MR) is 61.6 cm³/mol. The van der Waals surface area contributed by atoms with Gasteiger partial charge in [-0.1, -0.05) is 18.7 Å². The van der Waals surface area contributed by atoms with Crippen LogP contribution in [0.4, 0.5) is 0 Å². The minimum absolute atomic E-state index is 0.0801. The highest BCUT2D eigenvalue weighted by Crippen LogP contribution is 2.52. The molecule has 2 N–H and O–H groups in total. The molecular formula is C9H11NO4S2. The smallest absolute Gasteiger partial charge is 0.354 e. The third-order valence-electron chi connectivity index (χ3n) is 2.49. The molecule has 0 aromatic rings. The summed E-state index contributed by atoms with van der Waals surface area (Å²) in [6, 6.07) is 0. The second-order valence-electron chi connectivity index (χ2n) is 3.38. The first kappa shape index (κ1) is 11.8. The van der Waals surface area contributed by atoms with Crippen LogP contribution in [0.15, 0.2) is 9.93 Å². The lowest BCUT2D eigenvalue weighted by Gasteiger charge is -2.41. The molecule has 2 rings (SSSR count). The van der Waals surface area contributed by atoms with Crippen molar-refractivity contribution in [3.63, 3.8) is 0 Å². The quantitative estimate of drug-likeness (QED) is 0.718. The fourth-order valence-corrected chi connectivity index (χ4v) is 4.46. The zero-order valence-electron chi connectivity index (χ0n) is 8.54. The van der Waals surface area contributed by atoms with E-state index in [4.69, 9.17) is 10.2 Å². The largest absolute Gasteiger partial charge is 0.477 e. The van der Waals surface area contributed by atoms with Crippen molar-refractivity contribution in [3.8, 4) is 0 Å². The number of carboxylic acids is 1. The lowest BCUT2D eigenvalue weighted by Crippen LogP contribution is -2.58. The molecule has 16 heavy (non-hydrogen) atoms. The highest BCUT2D eigenvalue weighted by atomic mass is 32.2. The summed E-state index contributed by atoms with van der Waals surface area (Å²) in [4.78, 5) is 23.9.